The third-order valence-electron chi connectivity index (χ3n) is 5.80. The number of nitrogens with zero attached hydrogens (tertiary/aromatic N) is 3. The fraction of sp³-hybridized carbons (Fsp3) is 0.217. The number of hydrogen-bond acceptors (Lipinski definition) is 6. The van der Waals surface area contributed by atoms with Crippen LogP contribution >= 0.6 is 15.9 Å². The zero-order valence-electron chi connectivity index (χ0n) is 17.0. The molecule has 0 radical (unpaired) electrons. The molecule has 0 aliphatic carbocycles. The molecule has 3 atom stereocenters. The van der Waals surface area contributed by atoms with Crippen molar-refractivity contribution in [1.82, 2.24) is 9.88 Å². The molecule has 3 N–H and O–H groups in total. The van der Waals surface area contributed by atoms with Gasteiger partial charge in [-0.1, -0.05) is 46.3 Å². The predicted molar refractivity (Wildman–Crippen MR) is 122 cm³/mol. The van der Waals surface area contributed by atoms with E-state index in [2.05, 4.69) is 20.9 Å². The van der Waals surface area contributed by atoms with Crippen molar-refractivity contribution in [3.63, 3.8) is 0 Å². The van der Waals surface area contributed by atoms with Gasteiger partial charge in [-0.3, -0.25) is 19.9 Å². The number of aromatic hydroxyl groups is 1. The minimum atomic E-state index is -1.12. The fourth-order valence-corrected chi connectivity index (χ4v) is 4.91. The molecule has 1 aliphatic rings. The third kappa shape index (κ3) is 4.16. The Morgan fingerprint density at radius 3 is 2.66 bits per heavy atom. The Hall–Kier alpha value is -3.46. The van der Waals surface area contributed by atoms with Gasteiger partial charge in [0.05, 0.1) is 11.6 Å². The topological polar surface area (TPSA) is 123 Å². The second kappa shape index (κ2) is 8.96. The average Bonchev–Trinajstić information content (AvgIpc) is 2.77. The average molecular weight is 497 g/mol. The van der Waals surface area contributed by atoms with Gasteiger partial charge in [-0.15, -0.1) is 0 Å². The van der Waals surface area contributed by atoms with Crippen LogP contribution in [0.3, 0.4) is 0 Å². The quantitative estimate of drug-likeness (QED) is 0.238. The summed E-state index contributed by atoms with van der Waals surface area (Å²) in [7, 11) is 0. The first kappa shape index (κ1) is 21.8. The molecule has 32 heavy (non-hydrogen) atoms. The lowest BCUT2D eigenvalue weighted by atomic mass is 9.78. The van der Waals surface area contributed by atoms with Crippen LogP contribution < -0.4 is 5.73 Å². The molecule has 4 rings (SSSR count). The van der Waals surface area contributed by atoms with Crippen LogP contribution in [-0.2, 0) is 11.3 Å². The molecule has 1 fully saturated rings. The second-order valence-electron chi connectivity index (χ2n) is 7.75. The number of benzene rings is 2. The lowest BCUT2D eigenvalue weighted by Crippen LogP contribution is -2.51. The number of hydrogen-bond donors (Lipinski definition) is 2. The maximum atomic E-state index is 13.4. The van der Waals surface area contributed by atoms with Gasteiger partial charge >= 0.3 is 0 Å². The number of carbonyl (C=O) groups excluding carboxylic acids is 1. The summed E-state index contributed by atoms with van der Waals surface area (Å²) in [5.41, 5.74) is 7.98. The van der Waals surface area contributed by atoms with Crippen molar-refractivity contribution in [2.24, 2.45) is 0 Å². The number of pyridine rings is 1. The van der Waals surface area contributed by atoms with Crippen LogP contribution in [0.2, 0.25) is 0 Å². The Morgan fingerprint density at radius 2 is 2.00 bits per heavy atom. The summed E-state index contributed by atoms with van der Waals surface area (Å²) in [4.78, 5) is 31.1. The van der Waals surface area contributed by atoms with Gasteiger partial charge in [-0.2, -0.15) is 0 Å². The van der Waals surface area contributed by atoms with Crippen molar-refractivity contribution >= 4 is 27.5 Å². The number of piperidine rings is 1. The molecular formula is C23H21BrN4O4. The van der Waals surface area contributed by atoms with Crippen molar-refractivity contribution in [3.8, 4) is 5.75 Å². The maximum Gasteiger partial charge on any atom is 0.244 e. The van der Waals surface area contributed by atoms with E-state index < -0.39 is 18.0 Å². The molecule has 0 unspecified atom stereocenters. The molecular weight excluding hydrogens is 476 g/mol. The molecule has 2 aromatic carbocycles. The third-order valence-corrected chi connectivity index (χ3v) is 6.53. The van der Waals surface area contributed by atoms with Gasteiger partial charge in [-0.25, -0.2) is 0 Å². The van der Waals surface area contributed by atoms with Crippen LogP contribution in [-0.4, -0.2) is 31.9 Å². The second-order valence-corrected chi connectivity index (χ2v) is 8.61. The van der Waals surface area contributed by atoms with E-state index >= 15 is 0 Å². The Labute approximate surface area is 193 Å². The molecule has 0 spiro atoms. The molecule has 164 valence electrons. The molecule has 0 bridgehead atoms. The summed E-state index contributed by atoms with van der Waals surface area (Å²) in [5, 5.41) is 22.3. The zero-order chi connectivity index (χ0) is 22.8. The number of nitro groups is 1. The van der Waals surface area contributed by atoms with E-state index in [0.29, 0.717) is 15.6 Å². The van der Waals surface area contributed by atoms with E-state index in [9.17, 15) is 20.0 Å². The molecule has 1 aliphatic heterocycles. The van der Waals surface area contributed by atoms with Crippen LogP contribution in [0.25, 0.3) is 0 Å². The van der Waals surface area contributed by atoms with Gasteiger partial charge in [0, 0.05) is 34.8 Å². The highest BCUT2D eigenvalue weighted by Crippen LogP contribution is 2.45. The lowest BCUT2D eigenvalue weighted by Gasteiger charge is -2.41. The van der Waals surface area contributed by atoms with Crippen molar-refractivity contribution in [3.05, 3.63) is 98.3 Å². The molecule has 9 heteroatoms. The summed E-state index contributed by atoms with van der Waals surface area (Å²) in [6, 6.07) is 13.3. The number of anilines is 1. The molecule has 1 saturated heterocycles. The lowest BCUT2D eigenvalue weighted by molar-refractivity contribution is -0.537. The van der Waals surface area contributed by atoms with Crippen LogP contribution in [0.15, 0.2) is 71.5 Å². The SMILES string of the molecule is Nc1cc([C@@H]2[C@@H]([N+](=O)[O-])[C@H](c3ccccc3Br)CC(=O)N2Cc2cccnc2)ccc1O. The number of carbonyl (C=O) groups is 1. The van der Waals surface area contributed by atoms with Gasteiger partial charge in [0.2, 0.25) is 11.9 Å². The minimum absolute atomic E-state index is 0.00140. The van der Waals surface area contributed by atoms with Crippen LogP contribution in [0.1, 0.15) is 35.1 Å². The Kier molecular flexibility index (Phi) is 6.09. The summed E-state index contributed by atoms with van der Waals surface area (Å²) < 4.78 is 0.717. The minimum Gasteiger partial charge on any atom is -0.506 e. The molecule has 1 amide bonds. The zero-order valence-corrected chi connectivity index (χ0v) is 18.6. The number of phenols is 1. The smallest absolute Gasteiger partial charge is 0.244 e. The standard InChI is InChI=1S/C23H21BrN4O4/c24-18-6-2-1-5-16(18)17-11-21(30)27(13-14-4-3-9-26-12-14)22(23(17)28(31)32)15-7-8-20(29)19(25)10-15/h1-10,12,17,22-23,29H,11,13,25H2/t17-,22+,23-/m0/s1. The van der Waals surface area contributed by atoms with Crippen molar-refractivity contribution in [2.45, 2.75) is 31.0 Å². The molecule has 8 nitrogen and oxygen atoms in total. The number of rotatable bonds is 5. The highest BCUT2D eigenvalue weighted by atomic mass is 79.9. The Bertz CT molecular complexity index is 1160. The van der Waals surface area contributed by atoms with Gasteiger partial charge in [-0.05, 0) is 41.0 Å². The molecule has 1 aromatic heterocycles. The van der Waals surface area contributed by atoms with Crippen molar-refractivity contribution < 1.29 is 14.8 Å². The van der Waals surface area contributed by atoms with E-state index in [0.717, 1.165) is 5.56 Å². The van der Waals surface area contributed by atoms with Crippen LogP contribution in [0.4, 0.5) is 5.69 Å². The van der Waals surface area contributed by atoms with E-state index in [1.807, 2.05) is 18.2 Å². The normalized spacial score (nSPS) is 20.8. The van der Waals surface area contributed by atoms with Crippen LogP contribution in [0, 0.1) is 10.1 Å². The number of halogens is 1. The Morgan fingerprint density at radius 1 is 1.22 bits per heavy atom. The number of nitrogen functional groups attached to an aromatic ring is 1. The van der Waals surface area contributed by atoms with Crippen molar-refractivity contribution in [2.75, 3.05) is 5.73 Å². The first-order valence-corrected chi connectivity index (χ1v) is 10.8. The first-order valence-electron chi connectivity index (χ1n) is 10.0. The van der Waals surface area contributed by atoms with E-state index in [1.54, 1.807) is 36.7 Å². The fourth-order valence-electron chi connectivity index (χ4n) is 4.33. The summed E-state index contributed by atoms with van der Waals surface area (Å²) in [5.74, 6) is -0.961. The maximum absolute atomic E-state index is 13.4. The largest absolute Gasteiger partial charge is 0.506 e. The van der Waals surface area contributed by atoms with Gasteiger partial charge in [0.25, 0.3) is 0 Å². The Balaban J connectivity index is 1.85. The van der Waals surface area contributed by atoms with Crippen molar-refractivity contribution in [1.29, 1.82) is 0 Å². The van der Waals surface area contributed by atoms with Gasteiger partial charge in [0.15, 0.2) is 0 Å². The summed E-state index contributed by atoms with van der Waals surface area (Å²) >= 11 is 3.49. The number of nitrogens with two attached hydrogens (primary N) is 1. The summed E-state index contributed by atoms with van der Waals surface area (Å²) in [6.45, 7) is 0.172. The highest BCUT2D eigenvalue weighted by molar-refractivity contribution is 9.10. The first-order chi connectivity index (χ1) is 15.4. The number of amides is 1. The van der Waals surface area contributed by atoms with Gasteiger partial charge in [0.1, 0.15) is 11.8 Å². The van der Waals surface area contributed by atoms with E-state index in [-0.39, 0.29) is 35.2 Å². The molecule has 3 aromatic rings. The van der Waals surface area contributed by atoms with Gasteiger partial charge < -0.3 is 15.7 Å². The predicted octanol–water partition coefficient (Wildman–Crippen LogP) is 4.03. The van der Waals surface area contributed by atoms with Crippen LogP contribution in [0.5, 0.6) is 5.75 Å². The number of aromatic nitrogens is 1. The number of phenolic OH excluding ortho intramolecular Hbond substituents is 1. The number of likely N-dealkylation sites (tertiary alicyclic amines) is 1. The monoisotopic (exact) mass is 496 g/mol. The van der Waals surface area contributed by atoms with E-state index in [4.69, 9.17) is 5.73 Å². The molecule has 2 heterocycles. The van der Waals surface area contributed by atoms with E-state index in [1.165, 1.54) is 17.0 Å². The highest BCUT2D eigenvalue weighted by Gasteiger charge is 2.51. The molecule has 0 saturated carbocycles. The summed E-state index contributed by atoms with van der Waals surface area (Å²) in [6.07, 6.45) is 3.26.